The van der Waals surface area contributed by atoms with Crippen LogP contribution in [-0.2, 0) is 15.3 Å². The highest BCUT2D eigenvalue weighted by atomic mass is 35.5. The fourth-order valence-corrected chi connectivity index (χ4v) is 4.51. The maximum Gasteiger partial charge on any atom is 0.428 e. The molecule has 0 radical (unpaired) electrons. The van der Waals surface area contributed by atoms with Crippen molar-refractivity contribution in [1.29, 1.82) is 0 Å². The number of amides is 1. The van der Waals surface area contributed by atoms with Crippen molar-refractivity contribution >= 4 is 57.2 Å². The molecule has 1 atom stereocenters. The van der Waals surface area contributed by atoms with Gasteiger partial charge in [0.25, 0.3) is 5.91 Å². The number of nitrogens with one attached hydrogen (secondary N) is 3. The van der Waals surface area contributed by atoms with Crippen molar-refractivity contribution in [2.75, 3.05) is 0 Å². The number of halogens is 6. The van der Waals surface area contributed by atoms with Crippen LogP contribution in [0.5, 0.6) is 0 Å². The summed E-state index contributed by atoms with van der Waals surface area (Å²) >= 11 is 18.0. The number of hydrogen-bond acceptors (Lipinski definition) is 5. The Morgan fingerprint density at radius 1 is 1.00 bits per heavy atom. The third-order valence-corrected chi connectivity index (χ3v) is 6.89. The van der Waals surface area contributed by atoms with Gasteiger partial charge in [0.2, 0.25) is 5.60 Å². The lowest BCUT2D eigenvalue weighted by atomic mass is 9.90. The van der Waals surface area contributed by atoms with E-state index in [-0.39, 0.29) is 26.3 Å². The Labute approximate surface area is 237 Å². The van der Waals surface area contributed by atoms with E-state index in [1.165, 1.54) is 18.5 Å². The first-order valence-corrected chi connectivity index (χ1v) is 12.7. The van der Waals surface area contributed by atoms with Gasteiger partial charge in [-0.15, -0.1) is 0 Å². The Bertz CT molecular complexity index is 1460. The third kappa shape index (κ3) is 5.97. The summed E-state index contributed by atoms with van der Waals surface area (Å²) in [7, 11) is 0. The number of carbonyl (C=O) groups excluding carboxylic acids is 1. The van der Waals surface area contributed by atoms with E-state index in [0.29, 0.717) is 21.9 Å². The first-order chi connectivity index (χ1) is 18.2. The third-order valence-electron chi connectivity index (χ3n) is 5.69. The first kappa shape index (κ1) is 29.0. The van der Waals surface area contributed by atoms with Gasteiger partial charge in [-0.1, -0.05) is 65.1 Å². The van der Waals surface area contributed by atoms with Gasteiger partial charge >= 0.3 is 6.18 Å². The molecule has 0 aliphatic carbocycles. The zero-order valence-electron chi connectivity index (χ0n) is 20.8. The Kier molecular flexibility index (Phi) is 8.12. The van der Waals surface area contributed by atoms with E-state index in [1.54, 1.807) is 30.3 Å². The molecule has 3 aromatic rings. The summed E-state index contributed by atoms with van der Waals surface area (Å²) in [6, 6.07) is 12.0. The summed E-state index contributed by atoms with van der Waals surface area (Å²) in [6.07, 6.45) is -1.18. The summed E-state index contributed by atoms with van der Waals surface area (Å²) < 4.78 is 43.4. The number of hydroxylamine groups is 2. The lowest BCUT2D eigenvalue weighted by Gasteiger charge is -2.29. The second-order valence-electron chi connectivity index (χ2n) is 9.59. The fraction of sp³-hybridized carbons (Fsp3) is 0.222. The van der Waals surface area contributed by atoms with Gasteiger partial charge in [-0.3, -0.25) is 25.4 Å². The highest BCUT2D eigenvalue weighted by Crippen LogP contribution is 2.49. The molecular formula is C27H23Cl3F3N3O3. The SMILES string of the molecule is CC(C)(C)ONC=CNC(=O)c1ccc(C2=CC(c3cc(Cl)c(Cl)c(Cl)c3)(C(F)(F)F)ON2)c2ccccc12. The first-order valence-electron chi connectivity index (χ1n) is 11.5. The van der Waals surface area contributed by atoms with E-state index >= 15 is 0 Å². The molecule has 0 fully saturated rings. The minimum Gasteiger partial charge on any atom is -0.327 e. The molecule has 3 aromatic carbocycles. The van der Waals surface area contributed by atoms with E-state index in [2.05, 4.69) is 16.3 Å². The molecular weight excluding hydrogens is 578 g/mol. The van der Waals surface area contributed by atoms with Crippen LogP contribution < -0.4 is 16.3 Å². The van der Waals surface area contributed by atoms with E-state index in [1.807, 2.05) is 20.8 Å². The van der Waals surface area contributed by atoms with Crippen molar-refractivity contribution in [2.24, 2.45) is 0 Å². The van der Waals surface area contributed by atoms with E-state index < -0.39 is 23.3 Å². The predicted octanol–water partition coefficient (Wildman–Crippen LogP) is 7.65. The molecule has 0 spiro atoms. The van der Waals surface area contributed by atoms with E-state index in [4.69, 9.17) is 44.5 Å². The van der Waals surface area contributed by atoms with Crippen LogP contribution >= 0.6 is 34.8 Å². The van der Waals surface area contributed by atoms with Gasteiger partial charge in [0.15, 0.2) is 0 Å². The Morgan fingerprint density at radius 2 is 1.64 bits per heavy atom. The Hall–Kier alpha value is -2.95. The number of alkyl halides is 3. The second kappa shape index (κ2) is 10.9. The molecule has 0 aromatic heterocycles. The van der Waals surface area contributed by atoms with Crippen molar-refractivity contribution in [1.82, 2.24) is 16.3 Å². The average molecular weight is 601 g/mol. The van der Waals surface area contributed by atoms with Gasteiger partial charge in [0, 0.05) is 29.1 Å². The quantitative estimate of drug-likeness (QED) is 0.200. The molecule has 0 saturated carbocycles. The second-order valence-corrected chi connectivity index (χ2v) is 10.8. The molecule has 206 valence electrons. The van der Waals surface area contributed by atoms with Gasteiger partial charge in [0.1, 0.15) is 0 Å². The molecule has 1 amide bonds. The average Bonchev–Trinajstić information content (AvgIpc) is 3.32. The number of benzene rings is 3. The zero-order valence-corrected chi connectivity index (χ0v) is 23.1. The summed E-state index contributed by atoms with van der Waals surface area (Å²) in [5.41, 5.74) is 2.09. The molecule has 1 aliphatic rings. The van der Waals surface area contributed by atoms with Crippen molar-refractivity contribution in [3.8, 4) is 0 Å². The van der Waals surface area contributed by atoms with Crippen LogP contribution in [0.15, 0.2) is 67.0 Å². The molecule has 12 heteroatoms. The topological polar surface area (TPSA) is 71.6 Å². The lowest BCUT2D eigenvalue weighted by Crippen LogP contribution is -2.42. The van der Waals surface area contributed by atoms with Crippen LogP contribution in [0.1, 0.15) is 42.3 Å². The van der Waals surface area contributed by atoms with Gasteiger partial charge in [-0.2, -0.15) is 13.2 Å². The summed E-state index contributed by atoms with van der Waals surface area (Å²) in [4.78, 5) is 23.4. The molecule has 0 bridgehead atoms. The standard InChI is InChI=1S/C27H23Cl3F3N3O3/c1-25(2,3)38-35-11-10-34-24(37)19-9-8-18(16-6-4-5-7-17(16)19)22-14-26(39-36-22,27(31,32)33)15-12-20(28)23(30)21(29)13-15/h4-14,35-36H,1-3H3,(H,34,37). The maximum atomic E-state index is 14.5. The van der Waals surface area contributed by atoms with Crippen molar-refractivity contribution in [2.45, 2.75) is 38.1 Å². The summed E-state index contributed by atoms with van der Waals surface area (Å²) in [6.45, 7) is 5.58. The predicted molar refractivity (Wildman–Crippen MR) is 146 cm³/mol. The number of fused-ring (bicyclic) bond motifs is 1. The normalized spacial score (nSPS) is 17.8. The highest BCUT2D eigenvalue weighted by molar-refractivity contribution is 6.48. The van der Waals surface area contributed by atoms with Crippen LogP contribution in [-0.4, -0.2) is 17.7 Å². The largest absolute Gasteiger partial charge is 0.428 e. The molecule has 0 saturated heterocycles. The molecule has 6 nitrogen and oxygen atoms in total. The molecule has 1 heterocycles. The van der Waals surface area contributed by atoms with Crippen LogP contribution in [0.25, 0.3) is 16.5 Å². The summed E-state index contributed by atoms with van der Waals surface area (Å²) in [5.74, 6) is -0.425. The lowest BCUT2D eigenvalue weighted by molar-refractivity contribution is -0.269. The monoisotopic (exact) mass is 599 g/mol. The molecule has 4 rings (SSSR count). The van der Waals surface area contributed by atoms with Crippen LogP contribution in [0.3, 0.4) is 0 Å². The smallest absolute Gasteiger partial charge is 0.327 e. The fourth-order valence-electron chi connectivity index (χ4n) is 3.92. The minimum atomic E-state index is -4.89. The van der Waals surface area contributed by atoms with Crippen LogP contribution in [0.2, 0.25) is 15.1 Å². The van der Waals surface area contributed by atoms with Gasteiger partial charge in [0.05, 0.1) is 26.4 Å². The van der Waals surface area contributed by atoms with Crippen LogP contribution in [0, 0.1) is 0 Å². The van der Waals surface area contributed by atoms with Gasteiger partial charge in [-0.25, -0.2) is 0 Å². The summed E-state index contributed by atoms with van der Waals surface area (Å²) in [5, 5.41) is 3.31. The molecule has 3 N–H and O–H groups in total. The van der Waals surface area contributed by atoms with Crippen molar-refractivity contribution < 1.29 is 27.6 Å². The molecule has 1 unspecified atom stereocenters. The molecule has 1 aliphatic heterocycles. The maximum absolute atomic E-state index is 14.5. The van der Waals surface area contributed by atoms with E-state index in [0.717, 1.165) is 18.2 Å². The molecule has 39 heavy (non-hydrogen) atoms. The number of rotatable bonds is 6. The Balaban J connectivity index is 1.71. The highest BCUT2D eigenvalue weighted by Gasteiger charge is 2.60. The zero-order chi connectivity index (χ0) is 28.6. The Morgan fingerprint density at radius 3 is 2.26 bits per heavy atom. The van der Waals surface area contributed by atoms with Gasteiger partial charge < -0.3 is 5.32 Å². The van der Waals surface area contributed by atoms with Crippen molar-refractivity contribution in [3.05, 3.63) is 98.8 Å². The minimum absolute atomic E-state index is 0.0427. The van der Waals surface area contributed by atoms with E-state index in [9.17, 15) is 18.0 Å². The number of hydrogen-bond donors (Lipinski definition) is 3. The van der Waals surface area contributed by atoms with Gasteiger partial charge in [-0.05, 0) is 55.8 Å². The number of carbonyl (C=O) groups is 1. The van der Waals surface area contributed by atoms with Crippen LogP contribution in [0.4, 0.5) is 13.2 Å². The van der Waals surface area contributed by atoms with Crippen molar-refractivity contribution in [3.63, 3.8) is 0 Å².